The van der Waals surface area contributed by atoms with E-state index < -0.39 is 0 Å². The average molecular weight is 250 g/mol. The average Bonchev–Trinajstić information content (AvgIpc) is 2.39. The topological polar surface area (TPSA) is 41.6 Å². The summed E-state index contributed by atoms with van der Waals surface area (Å²) >= 11 is 0. The summed E-state index contributed by atoms with van der Waals surface area (Å²) < 4.78 is 5.28. The summed E-state index contributed by atoms with van der Waals surface area (Å²) in [5, 5.41) is 3.04. The van der Waals surface area contributed by atoms with Gasteiger partial charge in [0.05, 0.1) is 7.11 Å². The SMILES string of the molecule is CNCCCC(=O)N(C)Cc1ccccc1OC. The standard InChI is InChI=1S/C14H22N2O2/c1-15-10-6-9-14(17)16(2)11-12-7-4-5-8-13(12)18-3/h4-5,7-8,15H,6,9-11H2,1-3H3. The van der Waals surface area contributed by atoms with E-state index in [0.29, 0.717) is 13.0 Å². The molecule has 18 heavy (non-hydrogen) atoms. The van der Waals surface area contributed by atoms with Gasteiger partial charge in [0.1, 0.15) is 5.75 Å². The monoisotopic (exact) mass is 250 g/mol. The van der Waals surface area contributed by atoms with Gasteiger partial charge in [-0.15, -0.1) is 0 Å². The van der Waals surface area contributed by atoms with Crippen molar-refractivity contribution in [1.29, 1.82) is 0 Å². The molecule has 0 aliphatic rings. The predicted octanol–water partition coefficient (Wildman–Crippen LogP) is 1.65. The molecule has 1 amide bonds. The molecule has 1 N–H and O–H groups in total. The van der Waals surface area contributed by atoms with Gasteiger partial charge in [-0.2, -0.15) is 0 Å². The lowest BCUT2D eigenvalue weighted by atomic mass is 10.2. The second-order valence-electron chi connectivity index (χ2n) is 4.27. The van der Waals surface area contributed by atoms with Gasteiger partial charge in [-0.3, -0.25) is 4.79 Å². The molecule has 4 nitrogen and oxygen atoms in total. The van der Waals surface area contributed by atoms with Crippen LogP contribution in [-0.2, 0) is 11.3 Å². The van der Waals surface area contributed by atoms with Crippen LogP contribution in [0.1, 0.15) is 18.4 Å². The first kappa shape index (κ1) is 14.5. The van der Waals surface area contributed by atoms with E-state index in [1.165, 1.54) is 0 Å². The third-order valence-corrected chi connectivity index (χ3v) is 2.84. The number of nitrogens with zero attached hydrogens (tertiary/aromatic N) is 1. The third kappa shape index (κ3) is 4.37. The van der Waals surface area contributed by atoms with Crippen LogP contribution in [-0.4, -0.2) is 38.6 Å². The molecule has 0 spiro atoms. The Labute approximate surface area is 109 Å². The number of amides is 1. The van der Waals surface area contributed by atoms with E-state index in [1.54, 1.807) is 12.0 Å². The number of carbonyl (C=O) groups is 1. The molecule has 0 aromatic heterocycles. The van der Waals surface area contributed by atoms with E-state index >= 15 is 0 Å². The summed E-state index contributed by atoms with van der Waals surface area (Å²) in [6.45, 7) is 1.45. The molecule has 0 radical (unpaired) electrons. The van der Waals surface area contributed by atoms with Gasteiger partial charge >= 0.3 is 0 Å². The van der Waals surface area contributed by atoms with Crippen LogP contribution in [0.4, 0.5) is 0 Å². The number of ether oxygens (including phenoxy) is 1. The normalized spacial score (nSPS) is 10.2. The molecule has 0 heterocycles. The van der Waals surface area contributed by atoms with Crippen LogP contribution in [0.2, 0.25) is 0 Å². The Bertz CT molecular complexity index is 380. The highest BCUT2D eigenvalue weighted by molar-refractivity contribution is 5.75. The fraction of sp³-hybridized carbons (Fsp3) is 0.500. The largest absolute Gasteiger partial charge is 0.496 e. The summed E-state index contributed by atoms with van der Waals surface area (Å²) in [7, 11) is 5.37. The van der Waals surface area contributed by atoms with E-state index in [-0.39, 0.29) is 5.91 Å². The fourth-order valence-electron chi connectivity index (χ4n) is 1.78. The number of carbonyl (C=O) groups excluding carboxylic acids is 1. The summed E-state index contributed by atoms with van der Waals surface area (Å²) in [5.41, 5.74) is 1.03. The first-order chi connectivity index (χ1) is 8.69. The molecule has 1 rings (SSSR count). The van der Waals surface area contributed by atoms with Crippen molar-refractivity contribution in [1.82, 2.24) is 10.2 Å². The zero-order valence-corrected chi connectivity index (χ0v) is 11.4. The van der Waals surface area contributed by atoms with Crippen LogP contribution >= 0.6 is 0 Å². The molecule has 0 fully saturated rings. The first-order valence-electron chi connectivity index (χ1n) is 6.19. The van der Waals surface area contributed by atoms with Gasteiger partial charge in [-0.1, -0.05) is 18.2 Å². The lowest BCUT2D eigenvalue weighted by Gasteiger charge is -2.18. The van der Waals surface area contributed by atoms with Crippen LogP contribution in [0.15, 0.2) is 24.3 Å². The second-order valence-corrected chi connectivity index (χ2v) is 4.27. The van der Waals surface area contributed by atoms with E-state index in [1.807, 2.05) is 38.4 Å². The summed E-state index contributed by atoms with van der Waals surface area (Å²) in [4.78, 5) is 13.6. The van der Waals surface area contributed by atoms with Crippen molar-refractivity contribution in [2.75, 3.05) is 27.7 Å². The zero-order chi connectivity index (χ0) is 13.4. The summed E-state index contributed by atoms with van der Waals surface area (Å²) in [6, 6.07) is 7.78. The van der Waals surface area contributed by atoms with Crippen molar-refractivity contribution < 1.29 is 9.53 Å². The second kappa shape index (κ2) is 7.71. The number of hydrogen-bond donors (Lipinski definition) is 1. The minimum Gasteiger partial charge on any atom is -0.496 e. The Morgan fingerprint density at radius 1 is 1.39 bits per heavy atom. The van der Waals surface area contributed by atoms with Gasteiger partial charge in [-0.05, 0) is 26.1 Å². The van der Waals surface area contributed by atoms with Crippen LogP contribution < -0.4 is 10.1 Å². The minimum absolute atomic E-state index is 0.163. The highest BCUT2D eigenvalue weighted by Gasteiger charge is 2.11. The van der Waals surface area contributed by atoms with Crippen molar-refractivity contribution in [3.8, 4) is 5.75 Å². The Morgan fingerprint density at radius 2 is 2.11 bits per heavy atom. The predicted molar refractivity (Wildman–Crippen MR) is 72.6 cm³/mol. The van der Waals surface area contributed by atoms with E-state index in [9.17, 15) is 4.79 Å². The molecule has 0 saturated carbocycles. The molecule has 4 heteroatoms. The van der Waals surface area contributed by atoms with Crippen molar-refractivity contribution in [3.63, 3.8) is 0 Å². The van der Waals surface area contributed by atoms with Crippen LogP contribution in [0, 0.1) is 0 Å². The Morgan fingerprint density at radius 3 is 2.78 bits per heavy atom. The maximum absolute atomic E-state index is 11.9. The molecule has 0 aliphatic heterocycles. The highest BCUT2D eigenvalue weighted by Crippen LogP contribution is 2.18. The molecule has 0 unspecified atom stereocenters. The number of nitrogens with one attached hydrogen (secondary N) is 1. The maximum atomic E-state index is 11.9. The fourth-order valence-corrected chi connectivity index (χ4v) is 1.78. The summed E-state index contributed by atoms with van der Waals surface area (Å²) in [5.74, 6) is 0.989. The molecule has 0 bridgehead atoms. The van der Waals surface area contributed by atoms with Crippen molar-refractivity contribution in [2.45, 2.75) is 19.4 Å². The lowest BCUT2D eigenvalue weighted by molar-refractivity contribution is -0.130. The van der Waals surface area contributed by atoms with Crippen molar-refractivity contribution in [3.05, 3.63) is 29.8 Å². The van der Waals surface area contributed by atoms with Crippen LogP contribution in [0.25, 0.3) is 0 Å². The van der Waals surface area contributed by atoms with Crippen molar-refractivity contribution in [2.24, 2.45) is 0 Å². The lowest BCUT2D eigenvalue weighted by Crippen LogP contribution is -2.26. The number of methoxy groups -OCH3 is 1. The minimum atomic E-state index is 0.163. The Balaban J connectivity index is 2.52. The van der Waals surface area contributed by atoms with Gasteiger partial charge in [0, 0.05) is 25.6 Å². The van der Waals surface area contributed by atoms with E-state index in [2.05, 4.69) is 5.32 Å². The van der Waals surface area contributed by atoms with Gasteiger partial charge in [0.25, 0.3) is 0 Å². The van der Waals surface area contributed by atoms with E-state index in [0.717, 1.165) is 24.3 Å². The van der Waals surface area contributed by atoms with Crippen molar-refractivity contribution >= 4 is 5.91 Å². The van der Waals surface area contributed by atoms with Gasteiger partial charge in [0.15, 0.2) is 0 Å². The van der Waals surface area contributed by atoms with Crippen LogP contribution in [0.3, 0.4) is 0 Å². The molecular formula is C14H22N2O2. The molecule has 0 atom stereocenters. The Hall–Kier alpha value is -1.55. The number of benzene rings is 1. The highest BCUT2D eigenvalue weighted by atomic mass is 16.5. The van der Waals surface area contributed by atoms with E-state index in [4.69, 9.17) is 4.74 Å². The molecule has 1 aromatic rings. The molecule has 0 saturated heterocycles. The van der Waals surface area contributed by atoms with Gasteiger partial charge in [-0.25, -0.2) is 0 Å². The first-order valence-corrected chi connectivity index (χ1v) is 6.19. The molecule has 1 aromatic carbocycles. The molecular weight excluding hydrogens is 228 g/mol. The maximum Gasteiger partial charge on any atom is 0.222 e. The Kier molecular flexibility index (Phi) is 6.22. The zero-order valence-electron chi connectivity index (χ0n) is 11.4. The quantitative estimate of drug-likeness (QED) is 0.748. The number of rotatable bonds is 7. The molecule has 0 aliphatic carbocycles. The smallest absolute Gasteiger partial charge is 0.222 e. The summed E-state index contributed by atoms with van der Waals surface area (Å²) in [6.07, 6.45) is 1.44. The molecule has 100 valence electrons. The number of para-hydroxylation sites is 1. The van der Waals surface area contributed by atoms with Gasteiger partial charge < -0.3 is 15.0 Å². The third-order valence-electron chi connectivity index (χ3n) is 2.84. The van der Waals surface area contributed by atoms with Gasteiger partial charge in [0.2, 0.25) is 5.91 Å². The van der Waals surface area contributed by atoms with Crippen LogP contribution in [0.5, 0.6) is 5.75 Å². The number of hydrogen-bond acceptors (Lipinski definition) is 3.